The molecule has 3 rings (SSSR count). The van der Waals surface area contributed by atoms with E-state index in [1.54, 1.807) is 30.3 Å². The van der Waals surface area contributed by atoms with Crippen molar-refractivity contribution in [1.29, 1.82) is 0 Å². The Morgan fingerprint density at radius 2 is 1.75 bits per heavy atom. The number of nitrogens with zero attached hydrogens (tertiary/aromatic N) is 1. The van der Waals surface area contributed by atoms with Gasteiger partial charge in [0, 0.05) is 11.5 Å². The van der Waals surface area contributed by atoms with E-state index in [0.717, 1.165) is 17.5 Å². The Kier molecular flexibility index (Phi) is 4.15. The highest BCUT2D eigenvalue weighted by molar-refractivity contribution is 5.80. The molecule has 0 saturated carbocycles. The zero-order valence-corrected chi connectivity index (χ0v) is 12.7. The molecule has 1 aromatic heterocycles. The zero-order valence-electron chi connectivity index (χ0n) is 12.7. The molecule has 6 heteroatoms. The number of halogens is 3. The van der Waals surface area contributed by atoms with Crippen LogP contribution in [0.25, 0.3) is 10.9 Å². The molecular weight excluding hydrogens is 319 g/mol. The number of hydrogen-bond donors (Lipinski definition) is 1. The van der Waals surface area contributed by atoms with Crippen molar-refractivity contribution < 1.29 is 23.0 Å². The Morgan fingerprint density at radius 1 is 1.00 bits per heavy atom. The van der Waals surface area contributed by atoms with Crippen LogP contribution in [0.5, 0.6) is 5.88 Å². The minimum atomic E-state index is -4.44. The van der Waals surface area contributed by atoms with Crippen molar-refractivity contribution in [3.8, 4) is 5.88 Å². The molecule has 2 aromatic carbocycles. The van der Waals surface area contributed by atoms with Crippen molar-refractivity contribution in [3.63, 3.8) is 0 Å². The molecule has 0 spiro atoms. The highest BCUT2D eigenvalue weighted by Gasteiger charge is 2.31. The molecule has 124 valence electrons. The summed E-state index contributed by atoms with van der Waals surface area (Å²) in [6.45, 7) is 0. The minimum Gasteiger partial charge on any atom is -0.481 e. The van der Waals surface area contributed by atoms with E-state index >= 15 is 0 Å². The normalized spacial score (nSPS) is 13.0. The van der Waals surface area contributed by atoms with Gasteiger partial charge in [0.15, 0.2) is 0 Å². The predicted molar refractivity (Wildman–Crippen MR) is 83.8 cm³/mol. The SMILES string of the molecule is COc1ccc2cc(C(O)c3cccc(C(F)(F)F)c3)ccc2n1. The van der Waals surface area contributed by atoms with Crippen LogP contribution in [0.2, 0.25) is 0 Å². The van der Waals surface area contributed by atoms with Crippen molar-refractivity contribution >= 4 is 10.9 Å². The third-order valence-corrected chi connectivity index (χ3v) is 3.74. The van der Waals surface area contributed by atoms with E-state index in [9.17, 15) is 18.3 Å². The summed E-state index contributed by atoms with van der Waals surface area (Å²) < 4.78 is 43.5. The third kappa shape index (κ3) is 3.19. The Hall–Kier alpha value is -2.60. The average molecular weight is 333 g/mol. The van der Waals surface area contributed by atoms with Gasteiger partial charge in [-0.1, -0.05) is 18.2 Å². The van der Waals surface area contributed by atoms with E-state index < -0.39 is 17.8 Å². The number of aliphatic hydroxyl groups excluding tert-OH is 1. The molecule has 3 nitrogen and oxygen atoms in total. The maximum atomic E-state index is 12.8. The monoisotopic (exact) mass is 333 g/mol. The molecule has 0 aliphatic heterocycles. The van der Waals surface area contributed by atoms with Crippen LogP contribution in [0.3, 0.4) is 0 Å². The van der Waals surface area contributed by atoms with Crippen molar-refractivity contribution in [2.75, 3.05) is 7.11 Å². The number of methoxy groups -OCH3 is 1. The van der Waals surface area contributed by atoms with Gasteiger partial charge >= 0.3 is 6.18 Å². The Balaban J connectivity index is 1.98. The number of rotatable bonds is 3. The first kappa shape index (κ1) is 16.3. The summed E-state index contributed by atoms with van der Waals surface area (Å²) in [6, 6.07) is 13.2. The van der Waals surface area contributed by atoms with E-state index in [0.29, 0.717) is 17.0 Å². The summed E-state index contributed by atoms with van der Waals surface area (Å²) in [5, 5.41) is 11.2. The quantitative estimate of drug-likeness (QED) is 0.775. The number of aromatic nitrogens is 1. The molecule has 0 bridgehead atoms. The van der Waals surface area contributed by atoms with Gasteiger partial charge in [0.25, 0.3) is 0 Å². The lowest BCUT2D eigenvalue weighted by atomic mass is 9.98. The topological polar surface area (TPSA) is 42.4 Å². The van der Waals surface area contributed by atoms with Crippen LogP contribution in [-0.4, -0.2) is 17.2 Å². The summed E-state index contributed by atoms with van der Waals surface area (Å²) in [5.41, 5.74) is 0.569. The fraction of sp³-hybridized carbons (Fsp3) is 0.167. The van der Waals surface area contributed by atoms with Gasteiger partial charge in [-0.15, -0.1) is 0 Å². The number of ether oxygens (including phenoxy) is 1. The minimum absolute atomic E-state index is 0.186. The van der Waals surface area contributed by atoms with Gasteiger partial charge < -0.3 is 9.84 Å². The van der Waals surface area contributed by atoms with Gasteiger partial charge in [0.2, 0.25) is 5.88 Å². The fourth-order valence-corrected chi connectivity index (χ4v) is 2.49. The average Bonchev–Trinajstić information content (AvgIpc) is 2.59. The van der Waals surface area contributed by atoms with Crippen LogP contribution < -0.4 is 4.74 Å². The van der Waals surface area contributed by atoms with Crippen molar-refractivity contribution in [3.05, 3.63) is 71.3 Å². The molecule has 0 aliphatic rings. The second-order valence-electron chi connectivity index (χ2n) is 5.33. The van der Waals surface area contributed by atoms with E-state index in [-0.39, 0.29) is 5.56 Å². The largest absolute Gasteiger partial charge is 0.481 e. The highest BCUT2D eigenvalue weighted by Crippen LogP contribution is 2.32. The molecule has 0 saturated heterocycles. The summed E-state index contributed by atoms with van der Waals surface area (Å²) >= 11 is 0. The summed E-state index contributed by atoms with van der Waals surface area (Å²) in [5.74, 6) is 0.466. The number of alkyl halides is 3. The van der Waals surface area contributed by atoms with Gasteiger partial charge in [-0.05, 0) is 41.5 Å². The van der Waals surface area contributed by atoms with Crippen molar-refractivity contribution in [2.24, 2.45) is 0 Å². The first-order valence-electron chi connectivity index (χ1n) is 7.18. The molecule has 3 aromatic rings. The summed E-state index contributed by atoms with van der Waals surface area (Å²) in [4.78, 5) is 4.26. The van der Waals surface area contributed by atoms with Gasteiger partial charge in [0.05, 0.1) is 18.2 Å². The summed E-state index contributed by atoms with van der Waals surface area (Å²) in [7, 11) is 1.51. The standard InChI is InChI=1S/C18H14F3NO2/c1-24-16-8-6-11-9-13(5-7-15(11)22-16)17(23)12-3-2-4-14(10-12)18(19,20)21/h2-10,17,23H,1H3. The lowest BCUT2D eigenvalue weighted by molar-refractivity contribution is -0.137. The summed E-state index contributed by atoms with van der Waals surface area (Å²) in [6.07, 6.45) is -5.60. The zero-order chi connectivity index (χ0) is 17.3. The molecule has 1 N–H and O–H groups in total. The number of hydrogen-bond acceptors (Lipinski definition) is 3. The second-order valence-corrected chi connectivity index (χ2v) is 5.33. The lowest BCUT2D eigenvalue weighted by Gasteiger charge is -2.14. The van der Waals surface area contributed by atoms with Gasteiger partial charge in [-0.2, -0.15) is 13.2 Å². The van der Waals surface area contributed by atoms with Crippen LogP contribution in [-0.2, 0) is 6.18 Å². The van der Waals surface area contributed by atoms with E-state index in [4.69, 9.17) is 4.74 Å². The molecule has 0 aliphatic carbocycles. The van der Waals surface area contributed by atoms with Crippen LogP contribution >= 0.6 is 0 Å². The lowest BCUT2D eigenvalue weighted by Crippen LogP contribution is -2.07. The Morgan fingerprint density at radius 3 is 2.46 bits per heavy atom. The van der Waals surface area contributed by atoms with Gasteiger partial charge in [-0.25, -0.2) is 4.98 Å². The van der Waals surface area contributed by atoms with Gasteiger partial charge in [-0.3, -0.25) is 0 Å². The first-order valence-corrected chi connectivity index (χ1v) is 7.18. The predicted octanol–water partition coefficient (Wildman–Crippen LogP) is 4.34. The molecule has 0 radical (unpaired) electrons. The molecule has 0 fully saturated rings. The molecule has 1 heterocycles. The molecule has 0 amide bonds. The van der Waals surface area contributed by atoms with Gasteiger partial charge in [0.1, 0.15) is 6.10 Å². The molecular formula is C18H14F3NO2. The molecule has 1 atom stereocenters. The van der Waals surface area contributed by atoms with Crippen LogP contribution in [0.1, 0.15) is 22.8 Å². The number of fused-ring (bicyclic) bond motifs is 1. The number of aliphatic hydroxyl groups is 1. The maximum Gasteiger partial charge on any atom is 0.416 e. The highest BCUT2D eigenvalue weighted by atomic mass is 19.4. The fourth-order valence-electron chi connectivity index (χ4n) is 2.49. The van der Waals surface area contributed by atoms with E-state index in [2.05, 4.69) is 4.98 Å². The number of benzene rings is 2. The Bertz CT molecular complexity index is 878. The van der Waals surface area contributed by atoms with Crippen LogP contribution in [0, 0.1) is 0 Å². The van der Waals surface area contributed by atoms with Crippen LogP contribution in [0.4, 0.5) is 13.2 Å². The maximum absolute atomic E-state index is 12.8. The second kappa shape index (κ2) is 6.13. The van der Waals surface area contributed by atoms with Crippen LogP contribution in [0.15, 0.2) is 54.6 Å². The van der Waals surface area contributed by atoms with E-state index in [1.807, 2.05) is 0 Å². The van der Waals surface area contributed by atoms with Crippen molar-refractivity contribution in [1.82, 2.24) is 4.98 Å². The number of pyridine rings is 1. The van der Waals surface area contributed by atoms with E-state index in [1.165, 1.54) is 19.2 Å². The third-order valence-electron chi connectivity index (χ3n) is 3.74. The Labute approximate surface area is 136 Å². The molecule has 1 unspecified atom stereocenters. The smallest absolute Gasteiger partial charge is 0.416 e. The first-order chi connectivity index (χ1) is 11.4. The van der Waals surface area contributed by atoms with Crippen molar-refractivity contribution in [2.45, 2.75) is 12.3 Å². The molecule has 24 heavy (non-hydrogen) atoms.